The molecule has 1 aromatic heterocycles. The lowest BCUT2D eigenvalue weighted by atomic mass is 10.2. The van der Waals surface area contributed by atoms with Crippen molar-refractivity contribution in [1.82, 2.24) is 9.97 Å². The van der Waals surface area contributed by atoms with Crippen molar-refractivity contribution in [3.8, 4) is 0 Å². The van der Waals surface area contributed by atoms with E-state index in [1.807, 2.05) is 37.3 Å². The van der Waals surface area contributed by atoms with Crippen LogP contribution in [0.3, 0.4) is 0 Å². The average Bonchev–Trinajstić information content (AvgIpc) is 2.57. The number of benzene rings is 1. The number of nitrogens with one attached hydrogen (secondary N) is 1. The number of hydrogen-bond donors (Lipinski definition) is 1. The molecular formula is C16H18ClN5O. The lowest BCUT2D eigenvalue weighted by Crippen LogP contribution is -2.37. The number of aromatic nitrogens is 2. The van der Waals surface area contributed by atoms with Gasteiger partial charge in [-0.15, -0.1) is 0 Å². The van der Waals surface area contributed by atoms with E-state index >= 15 is 0 Å². The fourth-order valence-electron chi connectivity index (χ4n) is 2.26. The van der Waals surface area contributed by atoms with E-state index in [1.165, 1.54) is 0 Å². The Kier molecular flexibility index (Phi) is 5.05. The Hall–Kier alpha value is -2.18. The number of nitrogens with zero attached hydrogens (tertiary/aromatic N) is 4. The highest BCUT2D eigenvalue weighted by molar-refractivity contribution is 6.33. The first-order valence-electron chi connectivity index (χ1n) is 7.44. The molecule has 3 rings (SSSR count). The summed E-state index contributed by atoms with van der Waals surface area (Å²) in [6, 6.07) is 9.38. The Bertz CT molecular complexity index is 701. The van der Waals surface area contributed by atoms with E-state index in [1.54, 1.807) is 6.21 Å². The number of hydrazone groups is 1. The largest absolute Gasteiger partial charge is 0.378 e. The average molecular weight is 332 g/mol. The van der Waals surface area contributed by atoms with E-state index in [9.17, 15) is 0 Å². The molecule has 1 aliphatic heterocycles. The molecule has 0 saturated carbocycles. The van der Waals surface area contributed by atoms with E-state index in [0.29, 0.717) is 30.0 Å². The van der Waals surface area contributed by atoms with Gasteiger partial charge >= 0.3 is 0 Å². The van der Waals surface area contributed by atoms with Crippen molar-refractivity contribution in [2.75, 3.05) is 36.6 Å². The second-order valence-electron chi connectivity index (χ2n) is 5.19. The molecule has 0 spiro atoms. The number of anilines is 2. The van der Waals surface area contributed by atoms with E-state index in [2.05, 4.69) is 25.4 Å². The zero-order chi connectivity index (χ0) is 16.1. The highest BCUT2D eigenvalue weighted by atomic mass is 35.5. The van der Waals surface area contributed by atoms with E-state index in [0.717, 1.165) is 24.3 Å². The smallest absolute Gasteiger partial charge is 0.227 e. The van der Waals surface area contributed by atoms with Crippen LogP contribution in [0.1, 0.15) is 11.3 Å². The van der Waals surface area contributed by atoms with Gasteiger partial charge in [0.25, 0.3) is 0 Å². The van der Waals surface area contributed by atoms with Gasteiger partial charge in [0.05, 0.1) is 19.4 Å². The zero-order valence-corrected chi connectivity index (χ0v) is 13.6. The summed E-state index contributed by atoms with van der Waals surface area (Å²) in [6.07, 6.45) is 1.67. The summed E-state index contributed by atoms with van der Waals surface area (Å²) in [5, 5.41) is 4.87. The number of halogens is 1. The maximum atomic E-state index is 6.09. The molecule has 120 valence electrons. The van der Waals surface area contributed by atoms with Gasteiger partial charge < -0.3 is 9.64 Å². The second kappa shape index (κ2) is 7.39. The first-order valence-corrected chi connectivity index (χ1v) is 7.82. The molecular weight excluding hydrogens is 314 g/mol. The van der Waals surface area contributed by atoms with Crippen LogP contribution in [0.4, 0.5) is 11.8 Å². The van der Waals surface area contributed by atoms with Crippen molar-refractivity contribution in [3.05, 3.63) is 46.6 Å². The monoisotopic (exact) mass is 331 g/mol. The lowest BCUT2D eigenvalue weighted by Gasteiger charge is -2.27. The SMILES string of the molecule is Cc1cc(N/N=C\c2ccccc2Cl)nc(N2CCOCC2)n1. The summed E-state index contributed by atoms with van der Waals surface area (Å²) in [6.45, 7) is 4.93. The normalized spacial score (nSPS) is 15.1. The van der Waals surface area contributed by atoms with Crippen molar-refractivity contribution in [2.45, 2.75) is 6.92 Å². The summed E-state index contributed by atoms with van der Waals surface area (Å²) in [4.78, 5) is 11.1. The highest BCUT2D eigenvalue weighted by Crippen LogP contribution is 2.16. The molecule has 1 fully saturated rings. The van der Waals surface area contributed by atoms with E-state index in [-0.39, 0.29) is 0 Å². The van der Waals surface area contributed by atoms with Crippen LogP contribution in [0.15, 0.2) is 35.4 Å². The quantitative estimate of drug-likeness (QED) is 0.689. The summed E-state index contributed by atoms with van der Waals surface area (Å²) >= 11 is 6.09. The molecule has 2 heterocycles. The molecule has 1 N–H and O–H groups in total. The van der Waals surface area contributed by atoms with Gasteiger partial charge in [0.2, 0.25) is 5.95 Å². The minimum absolute atomic E-state index is 0.655. The van der Waals surface area contributed by atoms with Crippen LogP contribution in [-0.2, 0) is 4.74 Å². The second-order valence-corrected chi connectivity index (χ2v) is 5.59. The van der Waals surface area contributed by atoms with E-state index < -0.39 is 0 Å². The molecule has 7 heteroatoms. The Morgan fingerprint density at radius 1 is 1.26 bits per heavy atom. The van der Waals surface area contributed by atoms with Gasteiger partial charge in [-0.2, -0.15) is 10.1 Å². The first-order chi connectivity index (χ1) is 11.2. The molecule has 1 saturated heterocycles. The van der Waals surface area contributed by atoms with Gasteiger partial charge in [0, 0.05) is 35.4 Å². The first kappa shape index (κ1) is 15.7. The minimum atomic E-state index is 0.655. The number of ether oxygens (including phenoxy) is 1. The van der Waals surface area contributed by atoms with Crippen molar-refractivity contribution >= 4 is 29.6 Å². The molecule has 2 aromatic rings. The van der Waals surface area contributed by atoms with E-state index in [4.69, 9.17) is 16.3 Å². The molecule has 23 heavy (non-hydrogen) atoms. The van der Waals surface area contributed by atoms with Crippen LogP contribution in [0, 0.1) is 6.92 Å². The summed E-state index contributed by atoms with van der Waals surface area (Å²) < 4.78 is 5.36. The predicted molar refractivity (Wildman–Crippen MR) is 92.5 cm³/mol. The third kappa shape index (κ3) is 4.18. The van der Waals surface area contributed by atoms with Gasteiger partial charge in [0.1, 0.15) is 0 Å². The Morgan fingerprint density at radius 2 is 2.04 bits per heavy atom. The van der Waals surface area contributed by atoms with Crippen molar-refractivity contribution in [3.63, 3.8) is 0 Å². The molecule has 0 radical (unpaired) electrons. The third-order valence-corrected chi connectivity index (χ3v) is 3.77. The maximum absolute atomic E-state index is 6.09. The van der Waals surface area contributed by atoms with Crippen molar-refractivity contribution in [1.29, 1.82) is 0 Å². The molecule has 0 amide bonds. The van der Waals surface area contributed by atoms with Crippen LogP contribution < -0.4 is 10.3 Å². The molecule has 6 nitrogen and oxygen atoms in total. The van der Waals surface area contributed by atoms with Gasteiger partial charge in [-0.25, -0.2) is 4.98 Å². The van der Waals surface area contributed by atoms with Gasteiger partial charge in [0.15, 0.2) is 5.82 Å². The molecule has 0 unspecified atom stereocenters. The number of hydrogen-bond acceptors (Lipinski definition) is 6. The highest BCUT2D eigenvalue weighted by Gasteiger charge is 2.14. The molecule has 1 aromatic carbocycles. The fraction of sp³-hybridized carbons (Fsp3) is 0.312. The van der Waals surface area contributed by atoms with Gasteiger partial charge in [-0.1, -0.05) is 29.8 Å². The van der Waals surface area contributed by atoms with Gasteiger partial charge in [-0.05, 0) is 13.0 Å². The Morgan fingerprint density at radius 3 is 2.83 bits per heavy atom. The zero-order valence-electron chi connectivity index (χ0n) is 12.9. The standard InChI is InChI=1S/C16H18ClN5O/c1-12-10-15(20-16(19-12)22-6-8-23-9-7-22)21-18-11-13-4-2-3-5-14(13)17/h2-5,10-11H,6-9H2,1H3,(H,19,20,21)/b18-11-. The van der Waals surface area contributed by atoms with Crippen LogP contribution >= 0.6 is 11.6 Å². The number of morpholine rings is 1. The Labute approximate surface area is 140 Å². The van der Waals surface area contributed by atoms with Crippen LogP contribution in [-0.4, -0.2) is 42.5 Å². The topological polar surface area (TPSA) is 62.6 Å². The fourth-order valence-corrected chi connectivity index (χ4v) is 2.45. The molecule has 0 aliphatic carbocycles. The van der Waals surface area contributed by atoms with Crippen LogP contribution in [0.25, 0.3) is 0 Å². The number of rotatable bonds is 4. The third-order valence-electron chi connectivity index (χ3n) is 3.42. The molecule has 0 bridgehead atoms. The van der Waals surface area contributed by atoms with Crippen molar-refractivity contribution in [2.24, 2.45) is 5.10 Å². The molecule has 0 atom stereocenters. The lowest BCUT2D eigenvalue weighted by molar-refractivity contribution is 0.122. The number of aryl methyl sites for hydroxylation is 1. The van der Waals surface area contributed by atoms with Crippen LogP contribution in [0.5, 0.6) is 0 Å². The minimum Gasteiger partial charge on any atom is -0.378 e. The van der Waals surface area contributed by atoms with Gasteiger partial charge in [-0.3, -0.25) is 5.43 Å². The maximum Gasteiger partial charge on any atom is 0.227 e. The van der Waals surface area contributed by atoms with Crippen LogP contribution in [0.2, 0.25) is 5.02 Å². The summed E-state index contributed by atoms with van der Waals surface area (Å²) in [7, 11) is 0. The summed E-state index contributed by atoms with van der Waals surface area (Å²) in [5.41, 5.74) is 4.68. The predicted octanol–water partition coefficient (Wildman–Crippen LogP) is 2.72. The summed E-state index contributed by atoms with van der Waals surface area (Å²) in [5.74, 6) is 1.35. The Balaban J connectivity index is 1.72. The van der Waals surface area contributed by atoms with Crippen molar-refractivity contribution < 1.29 is 4.74 Å². The molecule has 1 aliphatic rings.